The van der Waals surface area contributed by atoms with Crippen LogP contribution in [0.4, 0.5) is 0 Å². The van der Waals surface area contributed by atoms with Gasteiger partial charge in [0.05, 0.1) is 6.42 Å². The first-order valence-electron chi connectivity index (χ1n) is 5.28. The summed E-state index contributed by atoms with van der Waals surface area (Å²) in [6.45, 7) is 7.53. The highest BCUT2D eigenvalue weighted by Gasteiger charge is 2.12. The van der Waals surface area contributed by atoms with Crippen LogP contribution in [0.25, 0.3) is 12.2 Å². The molecule has 1 heterocycles. The van der Waals surface area contributed by atoms with Crippen molar-refractivity contribution in [3.8, 4) is 0 Å². The molecule has 0 saturated heterocycles. The van der Waals surface area contributed by atoms with Crippen LogP contribution in [-0.2, 0) is 4.79 Å². The van der Waals surface area contributed by atoms with Gasteiger partial charge in [0, 0.05) is 16.8 Å². The third kappa shape index (κ3) is 2.63. The summed E-state index contributed by atoms with van der Waals surface area (Å²) in [6, 6.07) is 0. The third-order valence-corrected chi connectivity index (χ3v) is 2.57. The Morgan fingerprint density at radius 3 is 2.88 bits per heavy atom. The van der Waals surface area contributed by atoms with E-state index in [2.05, 4.69) is 11.6 Å². The zero-order chi connectivity index (χ0) is 12.1. The Kier molecular flexibility index (Phi) is 4.11. The van der Waals surface area contributed by atoms with Crippen LogP contribution in [0.15, 0.2) is 18.9 Å². The van der Waals surface area contributed by atoms with Crippen molar-refractivity contribution in [1.82, 2.24) is 4.98 Å². The van der Waals surface area contributed by atoms with E-state index in [1.165, 1.54) is 0 Å². The van der Waals surface area contributed by atoms with Crippen LogP contribution in [0.3, 0.4) is 0 Å². The number of carboxylic acid groups (broad SMARTS) is 1. The predicted octanol–water partition coefficient (Wildman–Crippen LogP) is 1.36. The Morgan fingerprint density at radius 1 is 1.69 bits per heavy atom. The fourth-order valence-corrected chi connectivity index (χ4v) is 1.79. The van der Waals surface area contributed by atoms with E-state index in [1.54, 1.807) is 6.08 Å². The number of carboxylic acids is 1. The van der Waals surface area contributed by atoms with E-state index < -0.39 is 5.97 Å². The average molecular weight is 219 g/mol. The summed E-state index contributed by atoms with van der Waals surface area (Å²) in [6.07, 6.45) is 7.59. The minimum absolute atomic E-state index is 0.00588. The van der Waals surface area contributed by atoms with Gasteiger partial charge in [-0.2, -0.15) is 0 Å². The van der Waals surface area contributed by atoms with Crippen molar-refractivity contribution in [2.45, 2.75) is 26.2 Å². The molecular formula is C13H17NO2. The van der Waals surface area contributed by atoms with Crippen molar-refractivity contribution in [3.05, 3.63) is 35.0 Å². The van der Waals surface area contributed by atoms with Crippen molar-refractivity contribution >= 4 is 18.1 Å². The second-order valence-corrected chi connectivity index (χ2v) is 3.76. The van der Waals surface area contributed by atoms with Gasteiger partial charge in [-0.1, -0.05) is 31.7 Å². The molecule has 3 heteroatoms. The SMILES string of the molecule is C=CC=c1c(C(C)CC(=O)O)c[nH]c1=CC. The van der Waals surface area contributed by atoms with Crippen LogP contribution in [0.2, 0.25) is 0 Å². The molecule has 0 spiro atoms. The average Bonchev–Trinajstić information content (AvgIpc) is 2.60. The van der Waals surface area contributed by atoms with Gasteiger partial charge in [-0.05, 0) is 18.4 Å². The number of aliphatic carboxylic acids is 1. The lowest BCUT2D eigenvalue weighted by Crippen LogP contribution is -2.25. The highest BCUT2D eigenvalue weighted by molar-refractivity contribution is 5.68. The highest BCUT2D eigenvalue weighted by atomic mass is 16.4. The topological polar surface area (TPSA) is 53.1 Å². The summed E-state index contributed by atoms with van der Waals surface area (Å²) in [5, 5.41) is 10.8. The number of H-pyrrole nitrogens is 1. The largest absolute Gasteiger partial charge is 0.481 e. The lowest BCUT2D eigenvalue weighted by Gasteiger charge is -2.05. The van der Waals surface area contributed by atoms with Gasteiger partial charge >= 0.3 is 5.97 Å². The Bertz CT molecular complexity index is 496. The minimum Gasteiger partial charge on any atom is -0.481 e. The molecule has 1 aromatic heterocycles. The van der Waals surface area contributed by atoms with E-state index in [0.717, 1.165) is 16.1 Å². The molecule has 16 heavy (non-hydrogen) atoms. The van der Waals surface area contributed by atoms with Crippen LogP contribution in [0.1, 0.15) is 31.7 Å². The molecule has 0 fully saturated rings. The van der Waals surface area contributed by atoms with Crippen molar-refractivity contribution in [3.63, 3.8) is 0 Å². The second-order valence-electron chi connectivity index (χ2n) is 3.76. The van der Waals surface area contributed by atoms with E-state index in [0.29, 0.717) is 0 Å². The standard InChI is InChI=1S/C13H17NO2/c1-4-6-10-11(8-14-12(10)5-2)9(3)7-13(15)16/h4-6,8-9,14H,1,7H2,2-3H3,(H,15,16). The maximum atomic E-state index is 10.7. The fraction of sp³-hybridized carbons (Fsp3) is 0.308. The van der Waals surface area contributed by atoms with Gasteiger partial charge in [0.2, 0.25) is 0 Å². The molecule has 1 unspecified atom stereocenters. The summed E-state index contributed by atoms with van der Waals surface area (Å²) in [7, 11) is 0. The Labute approximate surface area is 94.8 Å². The Hall–Kier alpha value is -1.77. The molecule has 0 aliphatic rings. The molecule has 0 aliphatic carbocycles. The fourth-order valence-electron chi connectivity index (χ4n) is 1.79. The lowest BCUT2D eigenvalue weighted by atomic mass is 9.99. The van der Waals surface area contributed by atoms with Crippen molar-refractivity contribution in [1.29, 1.82) is 0 Å². The highest BCUT2D eigenvalue weighted by Crippen LogP contribution is 2.13. The number of aromatic amines is 1. The van der Waals surface area contributed by atoms with Crippen molar-refractivity contribution in [2.24, 2.45) is 0 Å². The summed E-state index contributed by atoms with van der Waals surface area (Å²) in [5.41, 5.74) is 1.02. The van der Waals surface area contributed by atoms with Crippen LogP contribution >= 0.6 is 0 Å². The summed E-state index contributed by atoms with van der Waals surface area (Å²) in [5.74, 6) is -0.783. The van der Waals surface area contributed by atoms with Crippen LogP contribution < -0.4 is 10.6 Å². The Balaban J connectivity index is 3.25. The first-order chi connectivity index (χ1) is 7.60. The zero-order valence-corrected chi connectivity index (χ0v) is 9.66. The van der Waals surface area contributed by atoms with Crippen LogP contribution in [0.5, 0.6) is 0 Å². The number of hydrogen-bond donors (Lipinski definition) is 2. The molecule has 86 valence electrons. The lowest BCUT2D eigenvalue weighted by molar-refractivity contribution is -0.137. The van der Waals surface area contributed by atoms with Gasteiger partial charge in [0.25, 0.3) is 0 Å². The maximum absolute atomic E-state index is 10.7. The molecule has 1 aromatic rings. The van der Waals surface area contributed by atoms with Crippen LogP contribution in [0, 0.1) is 0 Å². The first-order valence-corrected chi connectivity index (χ1v) is 5.28. The smallest absolute Gasteiger partial charge is 0.303 e. The summed E-state index contributed by atoms with van der Waals surface area (Å²) >= 11 is 0. The molecule has 1 rings (SSSR count). The van der Waals surface area contributed by atoms with E-state index in [-0.39, 0.29) is 12.3 Å². The van der Waals surface area contributed by atoms with Gasteiger partial charge in [-0.15, -0.1) is 0 Å². The maximum Gasteiger partial charge on any atom is 0.303 e. The third-order valence-electron chi connectivity index (χ3n) is 2.57. The number of nitrogens with one attached hydrogen (secondary N) is 1. The van der Waals surface area contributed by atoms with E-state index >= 15 is 0 Å². The molecule has 1 atom stereocenters. The number of allylic oxidation sites excluding steroid dienone is 1. The van der Waals surface area contributed by atoms with Crippen molar-refractivity contribution < 1.29 is 9.90 Å². The van der Waals surface area contributed by atoms with Gasteiger partial charge < -0.3 is 10.1 Å². The summed E-state index contributed by atoms with van der Waals surface area (Å²) in [4.78, 5) is 13.8. The molecule has 0 saturated carbocycles. The number of hydrogen-bond acceptors (Lipinski definition) is 1. The first kappa shape index (κ1) is 12.3. The molecule has 0 amide bonds. The van der Waals surface area contributed by atoms with Crippen molar-refractivity contribution in [2.75, 3.05) is 0 Å². The minimum atomic E-state index is -0.778. The normalized spacial score (nSPS) is 15.1. The zero-order valence-electron chi connectivity index (χ0n) is 9.66. The molecule has 3 nitrogen and oxygen atoms in total. The predicted molar refractivity (Wildman–Crippen MR) is 65.5 cm³/mol. The van der Waals surface area contributed by atoms with Gasteiger partial charge in [-0.3, -0.25) is 4.79 Å². The monoisotopic (exact) mass is 219 g/mol. The van der Waals surface area contributed by atoms with E-state index in [1.807, 2.05) is 32.2 Å². The van der Waals surface area contributed by atoms with Gasteiger partial charge in [-0.25, -0.2) is 0 Å². The van der Waals surface area contributed by atoms with Gasteiger partial charge in [0.1, 0.15) is 0 Å². The molecule has 2 N–H and O–H groups in total. The van der Waals surface area contributed by atoms with E-state index in [9.17, 15) is 4.79 Å². The molecule has 0 aromatic carbocycles. The molecule has 0 radical (unpaired) electrons. The number of rotatable bonds is 4. The Morgan fingerprint density at radius 2 is 2.38 bits per heavy atom. The quantitative estimate of drug-likeness (QED) is 0.803. The molecular weight excluding hydrogens is 202 g/mol. The molecule has 0 aliphatic heterocycles. The van der Waals surface area contributed by atoms with Crippen LogP contribution in [-0.4, -0.2) is 16.1 Å². The van der Waals surface area contributed by atoms with E-state index in [4.69, 9.17) is 5.11 Å². The number of aromatic nitrogens is 1. The molecule has 0 bridgehead atoms. The summed E-state index contributed by atoms with van der Waals surface area (Å²) < 4.78 is 0. The van der Waals surface area contributed by atoms with Gasteiger partial charge in [0.15, 0.2) is 0 Å². The number of carbonyl (C=O) groups is 1. The second kappa shape index (κ2) is 5.35.